The van der Waals surface area contributed by atoms with Crippen LogP contribution in [0, 0.1) is 0 Å². The summed E-state index contributed by atoms with van der Waals surface area (Å²) < 4.78 is 43.2. The number of benzene rings is 2. The minimum absolute atomic E-state index is 0.0118. The Balaban J connectivity index is 1.55. The molecule has 0 spiro atoms. The second-order valence-electron chi connectivity index (χ2n) is 9.60. The fourth-order valence-corrected chi connectivity index (χ4v) is 4.81. The Bertz CT molecular complexity index is 1760. The second-order valence-corrected chi connectivity index (χ2v) is 9.60. The van der Waals surface area contributed by atoms with Crippen LogP contribution in [-0.4, -0.2) is 60.1 Å². The number of hydrogen-bond acceptors (Lipinski definition) is 7. The Hall–Kier alpha value is -4.52. The molecule has 13 heteroatoms. The molecule has 1 amide bonds. The van der Waals surface area contributed by atoms with E-state index >= 15 is 0 Å². The molecule has 0 unspecified atom stereocenters. The predicted molar refractivity (Wildman–Crippen MR) is 144 cm³/mol. The number of alkyl halides is 3. The maximum absolute atomic E-state index is 14.0. The molecule has 3 aromatic heterocycles. The number of rotatable bonds is 8. The Morgan fingerprint density at radius 3 is 2.58 bits per heavy atom. The maximum atomic E-state index is 14.0. The summed E-state index contributed by atoms with van der Waals surface area (Å²) >= 11 is 0. The highest BCUT2D eigenvalue weighted by atomic mass is 19.4. The molecule has 0 bridgehead atoms. The van der Waals surface area contributed by atoms with Gasteiger partial charge in [0.1, 0.15) is 17.9 Å². The van der Waals surface area contributed by atoms with Crippen LogP contribution in [0.4, 0.5) is 19.0 Å². The van der Waals surface area contributed by atoms with Crippen molar-refractivity contribution in [3.05, 3.63) is 59.5 Å². The van der Waals surface area contributed by atoms with Crippen molar-refractivity contribution in [1.29, 1.82) is 0 Å². The van der Waals surface area contributed by atoms with E-state index in [1.807, 2.05) is 0 Å². The average molecular weight is 553 g/mol. The van der Waals surface area contributed by atoms with Crippen molar-refractivity contribution in [2.45, 2.75) is 25.6 Å². The summed E-state index contributed by atoms with van der Waals surface area (Å²) in [5.41, 5.74) is 7.69. The highest BCUT2D eigenvalue weighted by Crippen LogP contribution is 2.32. The van der Waals surface area contributed by atoms with Crippen LogP contribution in [-0.2, 0) is 31.6 Å². The van der Waals surface area contributed by atoms with Gasteiger partial charge in [-0.05, 0) is 42.8 Å². The molecule has 0 aliphatic heterocycles. The monoisotopic (exact) mass is 552 g/mol. The molecular formula is C27H27F3N8O2. The number of pyridine rings is 1. The summed E-state index contributed by atoms with van der Waals surface area (Å²) in [6.45, 7) is 0.381. The summed E-state index contributed by atoms with van der Waals surface area (Å²) in [6.07, 6.45) is -1.24. The van der Waals surface area contributed by atoms with Crippen molar-refractivity contribution in [3.63, 3.8) is 0 Å². The molecule has 5 aromatic rings. The van der Waals surface area contributed by atoms with Crippen LogP contribution in [0.2, 0.25) is 0 Å². The summed E-state index contributed by atoms with van der Waals surface area (Å²) in [4.78, 5) is 33.7. The smallest absolute Gasteiger partial charge is 0.383 e. The third-order valence-electron chi connectivity index (χ3n) is 7.00. The van der Waals surface area contributed by atoms with Crippen molar-refractivity contribution >= 4 is 50.9 Å². The van der Waals surface area contributed by atoms with Crippen molar-refractivity contribution < 1.29 is 22.8 Å². The number of nitrogens with two attached hydrogens (primary N) is 1. The van der Waals surface area contributed by atoms with Gasteiger partial charge in [-0.25, -0.2) is 15.0 Å². The number of aldehydes is 1. The van der Waals surface area contributed by atoms with E-state index < -0.39 is 11.7 Å². The number of unbranched alkanes of at least 4 members (excludes halogenated alkanes) is 1. The van der Waals surface area contributed by atoms with Gasteiger partial charge in [-0.2, -0.15) is 18.3 Å². The Labute approximate surface area is 226 Å². The highest BCUT2D eigenvalue weighted by molar-refractivity contribution is 6.10. The number of hydrazine groups is 1. The van der Waals surface area contributed by atoms with Gasteiger partial charge < -0.3 is 15.1 Å². The number of aromatic nitrogens is 5. The van der Waals surface area contributed by atoms with E-state index in [4.69, 9.17) is 5.73 Å². The molecule has 40 heavy (non-hydrogen) atoms. The Morgan fingerprint density at radius 2 is 1.85 bits per heavy atom. The van der Waals surface area contributed by atoms with Crippen LogP contribution in [0.15, 0.2) is 42.6 Å². The highest BCUT2D eigenvalue weighted by Gasteiger charge is 2.31. The lowest BCUT2D eigenvalue weighted by Gasteiger charge is -2.32. The molecule has 2 aromatic carbocycles. The molecule has 208 valence electrons. The largest absolute Gasteiger partial charge is 0.416 e. The normalized spacial score (nSPS) is 12.2. The van der Waals surface area contributed by atoms with Gasteiger partial charge in [-0.3, -0.25) is 14.5 Å². The van der Waals surface area contributed by atoms with Gasteiger partial charge in [-0.15, -0.1) is 0 Å². The first kappa shape index (κ1) is 27.1. The van der Waals surface area contributed by atoms with Gasteiger partial charge in [0.05, 0.1) is 45.8 Å². The molecule has 3 heterocycles. The van der Waals surface area contributed by atoms with E-state index in [2.05, 4.69) is 15.1 Å². The molecule has 0 radical (unpaired) electrons. The zero-order valence-electron chi connectivity index (χ0n) is 22.1. The Kier molecular flexibility index (Phi) is 6.92. The van der Waals surface area contributed by atoms with Gasteiger partial charge in [0.15, 0.2) is 0 Å². The number of hydrogen-bond donors (Lipinski definition) is 1. The van der Waals surface area contributed by atoms with Gasteiger partial charge in [0.25, 0.3) is 5.91 Å². The van der Waals surface area contributed by atoms with Crippen LogP contribution >= 0.6 is 0 Å². The van der Waals surface area contributed by atoms with Gasteiger partial charge in [0, 0.05) is 45.1 Å². The topological polar surface area (TPSA) is 115 Å². The summed E-state index contributed by atoms with van der Waals surface area (Å²) in [7, 11) is 5.19. The first-order valence-corrected chi connectivity index (χ1v) is 12.5. The van der Waals surface area contributed by atoms with E-state index in [0.29, 0.717) is 58.4 Å². The van der Waals surface area contributed by atoms with Crippen LogP contribution in [0.25, 0.3) is 32.8 Å². The predicted octanol–water partition coefficient (Wildman–Crippen LogP) is 4.08. The Morgan fingerprint density at radius 1 is 1.07 bits per heavy atom. The molecule has 10 nitrogen and oxygen atoms in total. The first-order chi connectivity index (χ1) is 19.0. The number of fused-ring (bicyclic) bond motifs is 4. The molecule has 0 saturated heterocycles. The zero-order valence-corrected chi connectivity index (χ0v) is 22.1. The SMILES string of the molecule is CN(CCCC=O)N(Cc1nc2cc(C(F)(F)F)ccc2n1C)C(=O)c1ccc2nc(N)c3cnn(C)c3c2c1. The third-order valence-corrected chi connectivity index (χ3v) is 7.00. The number of nitrogens with zero attached hydrogens (tertiary/aromatic N) is 7. The fourth-order valence-electron chi connectivity index (χ4n) is 4.81. The lowest BCUT2D eigenvalue weighted by molar-refractivity contribution is -0.137. The van der Waals surface area contributed by atoms with Crippen LogP contribution in [0.1, 0.15) is 34.6 Å². The summed E-state index contributed by atoms with van der Waals surface area (Å²) in [6, 6.07) is 8.47. The van der Waals surface area contributed by atoms with Crippen molar-refractivity contribution in [2.24, 2.45) is 14.1 Å². The number of amides is 1. The molecule has 5 rings (SSSR count). The molecule has 0 saturated carbocycles. The average Bonchev–Trinajstić information content (AvgIpc) is 3.46. The summed E-state index contributed by atoms with van der Waals surface area (Å²) in [5, 5.41) is 8.81. The van der Waals surface area contributed by atoms with Crippen molar-refractivity contribution in [3.8, 4) is 0 Å². The van der Waals surface area contributed by atoms with E-state index in [0.717, 1.165) is 23.9 Å². The number of imidazole rings is 1. The lowest BCUT2D eigenvalue weighted by atomic mass is 10.1. The van der Waals surface area contributed by atoms with E-state index in [1.54, 1.807) is 59.8 Å². The molecule has 2 N–H and O–H groups in total. The maximum Gasteiger partial charge on any atom is 0.416 e. The van der Waals surface area contributed by atoms with Crippen LogP contribution in [0.3, 0.4) is 0 Å². The van der Waals surface area contributed by atoms with Crippen molar-refractivity contribution in [1.82, 2.24) is 34.3 Å². The number of aryl methyl sites for hydroxylation is 2. The number of carbonyl (C=O) groups is 2. The number of halogens is 3. The summed E-state index contributed by atoms with van der Waals surface area (Å²) in [5.74, 6) is 0.376. The van der Waals surface area contributed by atoms with Crippen molar-refractivity contribution in [2.75, 3.05) is 19.3 Å². The number of carbonyl (C=O) groups excluding carboxylic acids is 2. The first-order valence-electron chi connectivity index (χ1n) is 12.5. The molecule has 0 fully saturated rings. The molecule has 0 atom stereocenters. The fraction of sp³-hybridized carbons (Fsp3) is 0.296. The van der Waals surface area contributed by atoms with E-state index in [9.17, 15) is 22.8 Å². The second kappa shape index (κ2) is 10.2. The van der Waals surface area contributed by atoms with Crippen LogP contribution < -0.4 is 5.73 Å². The van der Waals surface area contributed by atoms with Gasteiger partial charge >= 0.3 is 6.18 Å². The molecule has 0 aliphatic carbocycles. The van der Waals surface area contributed by atoms with Gasteiger partial charge in [0.2, 0.25) is 0 Å². The third kappa shape index (κ3) is 4.83. The quantitative estimate of drug-likeness (QED) is 0.175. The van der Waals surface area contributed by atoms with Crippen LogP contribution in [0.5, 0.6) is 0 Å². The van der Waals surface area contributed by atoms with E-state index in [-0.39, 0.29) is 18.0 Å². The number of anilines is 1. The minimum atomic E-state index is -4.50. The molecule has 0 aliphatic rings. The standard InChI is InChI=1S/C27H27F3N8O2/c1-35(10-4-5-11-39)38(15-23-33-21-13-17(27(28,29)30)7-9-22(21)36(23)2)26(40)16-6-8-20-18(12-16)24-19(25(31)34-20)14-32-37(24)3/h6-9,11-14H,4-5,10,15H2,1-3H3,(H2,31,34). The lowest BCUT2D eigenvalue weighted by Crippen LogP contribution is -2.44. The molecular weight excluding hydrogens is 525 g/mol. The van der Waals surface area contributed by atoms with E-state index in [1.165, 1.54) is 11.1 Å². The minimum Gasteiger partial charge on any atom is -0.383 e. The zero-order chi connectivity index (χ0) is 28.8. The van der Waals surface area contributed by atoms with Gasteiger partial charge in [-0.1, -0.05) is 0 Å². The number of nitrogen functional groups attached to an aromatic ring is 1.